The van der Waals surface area contributed by atoms with Gasteiger partial charge in [0.05, 0.1) is 25.5 Å². The molecule has 0 saturated heterocycles. The summed E-state index contributed by atoms with van der Waals surface area (Å²) >= 11 is 0. The van der Waals surface area contributed by atoms with Gasteiger partial charge in [-0.25, -0.2) is 4.79 Å². The number of hydrogen-bond acceptors (Lipinski definition) is 8. The largest absolute Gasteiger partial charge is 0.480 e. The molecule has 0 radical (unpaired) electrons. The molecular formula is C20H28N6O8. The summed E-state index contributed by atoms with van der Waals surface area (Å²) in [5.74, 6) is -6.54. The molecule has 4 unspecified atom stereocenters. The van der Waals surface area contributed by atoms with Gasteiger partial charge in [0.25, 0.3) is 0 Å². The lowest BCUT2D eigenvalue weighted by Crippen LogP contribution is -2.58. The average Bonchev–Trinajstić information content (AvgIpc) is 2.75. The van der Waals surface area contributed by atoms with E-state index in [2.05, 4.69) is 10.6 Å². The number of nitrogens with two attached hydrogens (primary N) is 3. The Labute approximate surface area is 194 Å². The highest BCUT2D eigenvalue weighted by Crippen LogP contribution is 2.04. The molecular weight excluding hydrogens is 452 g/mol. The van der Waals surface area contributed by atoms with Gasteiger partial charge in [0, 0.05) is 0 Å². The number of carbonyl (C=O) groups is 6. The summed E-state index contributed by atoms with van der Waals surface area (Å²) in [6.45, 7) is -0.960. The van der Waals surface area contributed by atoms with Crippen molar-refractivity contribution in [3.05, 3.63) is 35.9 Å². The molecule has 0 spiro atoms. The SMILES string of the molecule is NC(=O)CC(NC(=O)C(N)Cc1ccccc1)C(=O)NC(CC(N)=O)C(=O)NC(CO)C(=O)O. The maximum absolute atomic E-state index is 12.7. The van der Waals surface area contributed by atoms with Gasteiger partial charge in [0.2, 0.25) is 29.5 Å². The molecule has 0 aliphatic heterocycles. The number of rotatable bonds is 14. The number of primary amides is 2. The molecule has 0 aromatic heterocycles. The minimum absolute atomic E-state index is 0.127. The van der Waals surface area contributed by atoms with E-state index in [1.165, 1.54) is 0 Å². The second-order valence-corrected chi connectivity index (χ2v) is 7.34. The molecule has 34 heavy (non-hydrogen) atoms. The van der Waals surface area contributed by atoms with Crippen molar-refractivity contribution in [3.8, 4) is 0 Å². The van der Waals surface area contributed by atoms with Crippen LogP contribution in [-0.2, 0) is 35.2 Å². The van der Waals surface area contributed by atoms with Crippen molar-refractivity contribution in [2.24, 2.45) is 17.2 Å². The number of benzene rings is 1. The highest BCUT2D eigenvalue weighted by molar-refractivity contribution is 5.97. The Balaban J connectivity index is 2.94. The van der Waals surface area contributed by atoms with Crippen LogP contribution in [0.3, 0.4) is 0 Å². The van der Waals surface area contributed by atoms with Crippen LogP contribution in [0.25, 0.3) is 0 Å². The van der Waals surface area contributed by atoms with Gasteiger partial charge >= 0.3 is 5.97 Å². The molecule has 0 aliphatic rings. The van der Waals surface area contributed by atoms with Gasteiger partial charge in [-0.3, -0.25) is 24.0 Å². The fourth-order valence-corrected chi connectivity index (χ4v) is 2.79. The molecule has 5 amide bonds. The number of hydrogen-bond donors (Lipinski definition) is 8. The summed E-state index contributed by atoms with van der Waals surface area (Å²) in [5, 5.41) is 24.3. The third kappa shape index (κ3) is 9.62. The zero-order valence-corrected chi connectivity index (χ0v) is 18.1. The van der Waals surface area contributed by atoms with Crippen molar-refractivity contribution in [1.82, 2.24) is 16.0 Å². The first-order valence-electron chi connectivity index (χ1n) is 10.1. The quantitative estimate of drug-likeness (QED) is 0.128. The molecule has 1 aromatic carbocycles. The van der Waals surface area contributed by atoms with Gasteiger partial charge in [0.15, 0.2) is 0 Å². The first kappa shape index (κ1) is 28.0. The van der Waals surface area contributed by atoms with Crippen LogP contribution in [-0.4, -0.2) is 76.5 Å². The fraction of sp³-hybridized carbons (Fsp3) is 0.400. The molecule has 0 heterocycles. The van der Waals surface area contributed by atoms with Crippen LogP contribution < -0.4 is 33.2 Å². The summed E-state index contributed by atoms with van der Waals surface area (Å²) in [5.41, 5.74) is 16.9. The Morgan fingerprint density at radius 2 is 1.21 bits per heavy atom. The lowest BCUT2D eigenvalue weighted by molar-refractivity contribution is -0.143. The fourth-order valence-electron chi connectivity index (χ4n) is 2.79. The number of aliphatic hydroxyl groups is 1. The van der Waals surface area contributed by atoms with Gasteiger partial charge in [0.1, 0.15) is 18.1 Å². The van der Waals surface area contributed by atoms with Crippen LogP contribution in [0, 0.1) is 0 Å². The van der Waals surface area contributed by atoms with Crippen molar-refractivity contribution in [2.45, 2.75) is 43.4 Å². The van der Waals surface area contributed by atoms with E-state index >= 15 is 0 Å². The molecule has 11 N–H and O–H groups in total. The molecule has 0 saturated carbocycles. The molecule has 14 heteroatoms. The minimum Gasteiger partial charge on any atom is -0.480 e. The first-order chi connectivity index (χ1) is 15.9. The number of aliphatic hydroxyl groups excluding tert-OH is 1. The summed E-state index contributed by atoms with van der Waals surface area (Å²) in [6.07, 6.45) is -1.27. The number of carboxylic acid groups (broad SMARTS) is 1. The van der Waals surface area contributed by atoms with E-state index in [1.54, 1.807) is 30.3 Å². The van der Waals surface area contributed by atoms with Crippen molar-refractivity contribution in [1.29, 1.82) is 0 Å². The van der Waals surface area contributed by atoms with Crippen LogP contribution in [0.1, 0.15) is 18.4 Å². The van der Waals surface area contributed by atoms with Crippen LogP contribution in [0.4, 0.5) is 0 Å². The van der Waals surface area contributed by atoms with Crippen molar-refractivity contribution < 1.29 is 39.0 Å². The standard InChI is InChI=1S/C20H28N6O8/c21-11(6-10-4-2-1-3-5-10)17(30)24-12(7-15(22)28)18(31)25-13(8-16(23)29)19(32)26-14(9-27)20(33)34/h1-5,11-14,27H,6-9,21H2,(H2,22,28)(H2,23,29)(H,24,30)(H,25,31)(H,26,32)(H,33,34). The maximum Gasteiger partial charge on any atom is 0.328 e. The molecule has 14 nitrogen and oxygen atoms in total. The number of carboxylic acids is 1. The Hall–Kier alpha value is -4.04. The third-order valence-corrected chi connectivity index (χ3v) is 4.51. The average molecular weight is 480 g/mol. The van der Waals surface area contributed by atoms with E-state index in [-0.39, 0.29) is 6.42 Å². The van der Waals surface area contributed by atoms with Gasteiger partial charge in [-0.1, -0.05) is 30.3 Å². The van der Waals surface area contributed by atoms with Crippen LogP contribution in [0.2, 0.25) is 0 Å². The number of amides is 5. The second-order valence-electron chi connectivity index (χ2n) is 7.34. The topological polar surface area (TPSA) is 257 Å². The summed E-state index contributed by atoms with van der Waals surface area (Å²) in [6, 6.07) is 2.74. The number of aliphatic carboxylic acids is 1. The predicted octanol–water partition coefficient (Wildman–Crippen LogP) is -4.16. The van der Waals surface area contributed by atoms with Crippen LogP contribution in [0.15, 0.2) is 30.3 Å². The van der Waals surface area contributed by atoms with E-state index in [4.69, 9.17) is 27.4 Å². The Kier molecular flexibility index (Phi) is 11.1. The van der Waals surface area contributed by atoms with Crippen LogP contribution >= 0.6 is 0 Å². The molecule has 0 bridgehead atoms. The van der Waals surface area contributed by atoms with E-state index in [9.17, 15) is 28.8 Å². The zero-order chi connectivity index (χ0) is 25.8. The normalized spacial score (nSPS) is 14.1. The molecule has 1 rings (SSSR count). The summed E-state index contributed by atoms with van der Waals surface area (Å²) < 4.78 is 0. The smallest absolute Gasteiger partial charge is 0.328 e. The predicted molar refractivity (Wildman–Crippen MR) is 116 cm³/mol. The molecule has 0 aliphatic carbocycles. The minimum atomic E-state index is -1.71. The number of nitrogens with one attached hydrogen (secondary N) is 3. The van der Waals surface area contributed by atoms with Crippen molar-refractivity contribution >= 4 is 35.5 Å². The van der Waals surface area contributed by atoms with E-state index in [0.29, 0.717) is 0 Å². The zero-order valence-electron chi connectivity index (χ0n) is 18.1. The van der Waals surface area contributed by atoms with Crippen molar-refractivity contribution in [2.75, 3.05) is 6.61 Å². The van der Waals surface area contributed by atoms with E-state index < -0.39 is 79.1 Å². The van der Waals surface area contributed by atoms with Gasteiger partial charge in [-0.2, -0.15) is 0 Å². The molecule has 186 valence electrons. The van der Waals surface area contributed by atoms with E-state index in [0.717, 1.165) is 5.56 Å². The van der Waals surface area contributed by atoms with Crippen molar-refractivity contribution in [3.63, 3.8) is 0 Å². The third-order valence-electron chi connectivity index (χ3n) is 4.51. The highest BCUT2D eigenvalue weighted by atomic mass is 16.4. The van der Waals surface area contributed by atoms with Gasteiger partial charge in [-0.15, -0.1) is 0 Å². The summed E-state index contributed by atoms with van der Waals surface area (Å²) in [4.78, 5) is 71.3. The Morgan fingerprint density at radius 1 is 0.765 bits per heavy atom. The Morgan fingerprint density at radius 3 is 1.62 bits per heavy atom. The molecule has 4 atom stereocenters. The maximum atomic E-state index is 12.7. The number of carbonyl (C=O) groups excluding carboxylic acids is 5. The first-order valence-corrected chi connectivity index (χ1v) is 10.1. The highest BCUT2D eigenvalue weighted by Gasteiger charge is 2.31. The van der Waals surface area contributed by atoms with Gasteiger partial charge < -0.3 is 43.4 Å². The lowest BCUT2D eigenvalue weighted by Gasteiger charge is -2.24. The molecule has 0 fully saturated rings. The second kappa shape index (κ2) is 13.5. The van der Waals surface area contributed by atoms with Gasteiger partial charge in [-0.05, 0) is 12.0 Å². The molecule has 1 aromatic rings. The van der Waals surface area contributed by atoms with E-state index in [1.807, 2.05) is 5.32 Å². The monoisotopic (exact) mass is 480 g/mol. The summed E-state index contributed by atoms with van der Waals surface area (Å²) in [7, 11) is 0. The lowest BCUT2D eigenvalue weighted by atomic mass is 10.0. The van der Waals surface area contributed by atoms with Crippen LogP contribution in [0.5, 0.6) is 0 Å². The Bertz CT molecular complexity index is 910.